The van der Waals surface area contributed by atoms with Crippen LogP contribution in [0.3, 0.4) is 0 Å². The summed E-state index contributed by atoms with van der Waals surface area (Å²) in [5.74, 6) is 1.43. The van der Waals surface area contributed by atoms with Crippen molar-refractivity contribution < 1.29 is 9.13 Å². The van der Waals surface area contributed by atoms with Gasteiger partial charge in [-0.3, -0.25) is 4.99 Å². The maximum atomic E-state index is 13.4. The summed E-state index contributed by atoms with van der Waals surface area (Å²) in [7, 11) is 0. The van der Waals surface area contributed by atoms with Crippen LogP contribution in [-0.2, 0) is 6.61 Å². The molecule has 190 valence electrons. The number of nitrogens with zero attached hydrogens (tertiary/aromatic N) is 1. The van der Waals surface area contributed by atoms with Crippen LogP contribution in [0.25, 0.3) is 0 Å². The number of aryl methyl sites for hydroxylation is 1. The average Bonchev–Trinajstić information content (AvgIpc) is 3.42. The zero-order chi connectivity index (χ0) is 26.1. The Hall–Kier alpha value is -3.70. The van der Waals surface area contributed by atoms with Crippen LogP contribution in [-0.4, -0.2) is 6.21 Å². The van der Waals surface area contributed by atoms with E-state index in [0.717, 1.165) is 27.7 Å². The van der Waals surface area contributed by atoms with E-state index < -0.39 is 0 Å². The average molecular weight is 568 g/mol. The Bertz CT molecular complexity index is 1530. The molecular weight excluding hydrogens is 539 g/mol. The van der Waals surface area contributed by atoms with E-state index in [1.807, 2.05) is 30.5 Å². The normalized spacial score (nSPS) is 19.7. The monoisotopic (exact) mass is 566 g/mol. The molecule has 0 spiro atoms. The SMILES string of the molecule is Cc1ccc2c(c1)[C@@H]1C=CC[C@H]1[C@H](c1ccc(N=Cc3ccc(OCc4cccc(F)c4)c(Br)c3)cc1)N2. The molecule has 5 heteroatoms. The van der Waals surface area contributed by atoms with Gasteiger partial charge in [-0.2, -0.15) is 0 Å². The summed E-state index contributed by atoms with van der Waals surface area (Å²) in [4.78, 5) is 4.69. The standard InChI is InChI=1S/C33H28BrFN2O/c1-21-8-14-31-29(16-21)27-6-3-7-28(27)33(37-31)24-10-12-26(13-11-24)36-19-22-9-15-32(30(34)18-22)38-20-23-4-2-5-25(35)17-23/h2-6,8-19,27-28,33,37H,7,20H2,1H3/t27-,28-,33+/m1/s1. The molecule has 0 aromatic heterocycles. The second-order valence-corrected chi connectivity index (χ2v) is 10.9. The van der Waals surface area contributed by atoms with Crippen LogP contribution in [0.2, 0.25) is 0 Å². The number of halogens is 2. The predicted molar refractivity (Wildman–Crippen MR) is 156 cm³/mol. The third kappa shape index (κ3) is 5.16. The summed E-state index contributed by atoms with van der Waals surface area (Å²) < 4.78 is 20.1. The molecule has 0 amide bonds. The highest BCUT2D eigenvalue weighted by Gasteiger charge is 2.37. The van der Waals surface area contributed by atoms with E-state index in [1.165, 1.54) is 34.5 Å². The van der Waals surface area contributed by atoms with Gasteiger partial charge in [-0.25, -0.2) is 4.39 Å². The van der Waals surface area contributed by atoms with Crippen molar-refractivity contribution in [3.63, 3.8) is 0 Å². The first-order valence-corrected chi connectivity index (χ1v) is 13.7. The van der Waals surface area contributed by atoms with Gasteiger partial charge in [-0.05, 0) is 106 Å². The number of allylic oxidation sites excluding steroid dienone is 2. The van der Waals surface area contributed by atoms with Crippen LogP contribution in [0.15, 0.2) is 107 Å². The Morgan fingerprint density at radius 3 is 2.71 bits per heavy atom. The first-order chi connectivity index (χ1) is 18.5. The molecule has 0 fully saturated rings. The molecule has 1 N–H and O–H groups in total. The Labute approximate surface area is 231 Å². The molecular formula is C33H28BrFN2O. The number of rotatable bonds is 6. The third-order valence-corrected chi connectivity index (χ3v) is 7.99. The Balaban J connectivity index is 1.13. The van der Waals surface area contributed by atoms with E-state index >= 15 is 0 Å². The first-order valence-electron chi connectivity index (χ1n) is 12.9. The van der Waals surface area contributed by atoms with E-state index in [1.54, 1.807) is 6.07 Å². The molecule has 1 aliphatic carbocycles. The largest absolute Gasteiger partial charge is 0.488 e. The van der Waals surface area contributed by atoms with Gasteiger partial charge in [-0.1, -0.05) is 54.1 Å². The van der Waals surface area contributed by atoms with Crippen molar-refractivity contribution in [1.82, 2.24) is 0 Å². The number of fused-ring (bicyclic) bond motifs is 3. The summed E-state index contributed by atoms with van der Waals surface area (Å²) in [6.07, 6.45) is 7.65. The minimum Gasteiger partial charge on any atom is -0.488 e. The number of nitrogens with one attached hydrogen (secondary N) is 1. The lowest BCUT2D eigenvalue weighted by Gasteiger charge is -2.37. The third-order valence-electron chi connectivity index (χ3n) is 7.37. The lowest BCUT2D eigenvalue weighted by atomic mass is 9.76. The van der Waals surface area contributed by atoms with E-state index in [9.17, 15) is 4.39 Å². The van der Waals surface area contributed by atoms with Crippen molar-refractivity contribution in [2.75, 3.05) is 5.32 Å². The summed E-state index contributed by atoms with van der Waals surface area (Å²) in [6.45, 7) is 2.46. The predicted octanol–water partition coefficient (Wildman–Crippen LogP) is 9.05. The highest BCUT2D eigenvalue weighted by atomic mass is 79.9. The van der Waals surface area contributed by atoms with Crippen molar-refractivity contribution in [2.24, 2.45) is 10.9 Å². The molecule has 0 bridgehead atoms. The van der Waals surface area contributed by atoms with Crippen LogP contribution >= 0.6 is 15.9 Å². The highest BCUT2D eigenvalue weighted by Crippen LogP contribution is 2.50. The fraction of sp³-hybridized carbons (Fsp3) is 0.182. The summed E-state index contributed by atoms with van der Waals surface area (Å²) >= 11 is 3.58. The molecule has 3 atom stereocenters. The Morgan fingerprint density at radius 1 is 1.03 bits per heavy atom. The number of benzene rings is 4. The van der Waals surface area contributed by atoms with Gasteiger partial charge in [0.1, 0.15) is 18.2 Å². The van der Waals surface area contributed by atoms with Crippen LogP contribution < -0.4 is 10.1 Å². The summed E-state index contributed by atoms with van der Waals surface area (Å²) in [5.41, 5.74) is 7.90. The first kappa shape index (κ1) is 24.6. The molecule has 1 aliphatic heterocycles. The minimum absolute atomic E-state index is 0.264. The quantitative estimate of drug-likeness (QED) is 0.186. The number of aliphatic imine (C=N–C) groups is 1. The fourth-order valence-electron chi connectivity index (χ4n) is 5.46. The maximum absolute atomic E-state index is 13.4. The van der Waals surface area contributed by atoms with Crippen molar-refractivity contribution in [1.29, 1.82) is 0 Å². The van der Waals surface area contributed by atoms with E-state index in [0.29, 0.717) is 24.2 Å². The van der Waals surface area contributed by atoms with Crippen molar-refractivity contribution in [2.45, 2.75) is 31.9 Å². The van der Waals surface area contributed by atoms with Crippen LogP contribution in [0.1, 0.15) is 46.2 Å². The zero-order valence-electron chi connectivity index (χ0n) is 21.1. The van der Waals surface area contributed by atoms with Gasteiger partial charge in [-0.15, -0.1) is 0 Å². The van der Waals surface area contributed by atoms with Gasteiger partial charge in [0.2, 0.25) is 0 Å². The van der Waals surface area contributed by atoms with E-state index in [4.69, 9.17) is 4.74 Å². The topological polar surface area (TPSA) is 33.6 Å². The zero-order valence-corrected chi connectivity index (χ0v) is 22.7. The smallest absolute Gasteiger partial charge is 0.134 e. The molecule has 0 saturated heterocycles. The Kier molecular flexibility index (Phi) is 6.86. The molecule has 0 saturated carbocycles. The second-order valence-electron chi connectivity index (χ2n) is 10.0. The second kappa shape index (κ2) is 10.6. The molecule has 4 aromatic carbocycles. The van der Waals surface area contributed by atoms with Crippen molar-refractivity contribution >= 4 is 33.5 Å². The number of hydrogen-bond acceptors (Lipinski definition) is 3. The maximum Gasteiger partial charge on any atom is 0.134 e. The molecule has 38 heavy (non-hydrogen) atoms. The number of anilines is 1. The van der Waals surface area contributed by atoms with Crippen molar-refractivity contribution in [3.05, 3.63) is 135 Å². The molecule has 6 rings (SSSR count). The minimum atomic E-state index is -0.264. The van der Waals surface area contributed by atoms with Gasteiger partial charge in [0, 0.05) is 17.8 Å². The van der Waals surface area contributed by atoms with Gasteiger partial charge in [0.25, 0.3) is 0 Å². The molecule has 0 radical (unpaired) electrons. The van der Waals surface area contributed by atoms with Gasteiger partial charge >= 0.3 is 0 Å². The molecule has 1 heterocycles. The number of hydrogen-bond donors (Lipinski definition) is 1. The van der Waals surface area contributed by atoms with E-state index in [-0.39, 0.29) is 11.9 Å². The van der Waals surface area contributed by atoms with E-state index in [2.05, 4.69) is 87.8 Å². The number of ether oxygens (including phenoxy) is 1. The van der Waals surface area contributed by atoms with Gasteiger partial charge < -0.3 is 10.1 Å². The van der Waals surface area contributed by atoms with Crippen LogP contribution in [0.4, 0.5) is 15.8 Å². The molecule has 2 aliphatic rings. The molecule has 0 unspecified atom stereocenters. The highest BCUT2D eigenvalue weighted by molar-refractivity contribution is 9.10. The summed E-state index contributed by atoms with van der Waals surface area (Å²) in [6, 6.07) is 27.8. The van der Waals surface area contributed by atoms with Crippen LogP contribution in [0.5, 0.6) is 5.75 Å². The molecule has 3 nitrogen and oxygen atoms in total. The Morgan fingerprint density at radius 2 is 1.89 bits per heavy atom. The summed E-state index contributed by atoms with van der Waals surface area (Å²) in [5, 5.41) is 3.81. The van der Waals surface area contributed by atoms with Crippen LogP contribution in [0, 0.1) is 18.7 Å². The molecule has 4 aromatic rings. The van der Waals surface area contributed by atoms with Crippen molar-refractivity contribution in [3.8, 4) is 5.75 Å². The lowest BCUT2D eigenvalue weighted by Crippen LogP contribution is -2.29. The van der Waals surface area contributed by atoms with Gasteiger partial charge in [0.05, 0.1) is 16.2 Å². The fourth-order valence-corrected chi connectivity index (χ4v) is 5.97. The van der Waals surface area contributed by atoms with Gasteiger partial charge in [0.15, 0.2) is 0 Å². The lowest BCUT2D eigenvalue weighted by molar-refractivity contribution is 0.303.